The van der Waals surface area contributed by atoms with Crippen LogP contribution >= 0.6 is 15.9 Å². The van der Waals surface area contributed by atoms with Crippen molar-refractivity contribution in [3.05, 3.63) is 11.1 Å². The van der Waals surface area contributed by atoms with E-state index in [0.717, 1.165) is 45.1 Å². The van der Waals surface area contributed by atoms with Crippen molar-refractivity contribution in [2.45, 2.75) is 57.4 Å². The van der Waals surface area contributed by atoms with Gasteiger partial charge in [0.25, 0.3) is 0 Å². The first kappa shape index (κ1) is 14.7. The first-order valence-electron chi connectivity index (χ1n) is 8.41. The molecule has 4 saturated carbocycles. The van der Waals surface area contributed by atoms with Crippen molar-refractivity contribution in [1.29, 1.82) is 0 Å². The number of carbonyl (C=O) groups excluding carboxylic acids is 1. The van der Waals surface area contributed by atoms with E-state index >= 15 is 0 Å². The lowest BCUT2D eigenvalue weighted by Crippen LogP contribution is -2.61. The van der Waals surface area contributed by atoms with Gasteiger partial charge >= 0.3 is 0 Å². The molecule has 1 N–H and O–H groups in total. The molecule has 5 nitrogen and oxygen atoms in total. The lowest BCUT2D eigenvalue weighted by atomic mass is 9.46. The summed E-state index contributed by atoms with van der Waals surface area (Å²) in [4.78, 5) is 17.1. The van der Waals surface area contributed by atoms with Gasteiger partial charge in [-0.15, -0.1) is 5.10 Å². The highest BCUT2D eigenvalue weighted by Gasteiger charge is 2.61. The number of nitrogens with one attached hydrogen (secondary N) is 1. The van der Waals surface area contributed by atoms with Gasteiger partial charge in [-0.1, -0.05) is 6.92 Å². The minimum absolute atomic E-state index is 0.00661. The van der Waals surface area contributed by atoms with Crippen LogP contribution in [0.3, 0.4) is 0 Å². The molecule has 5 rings (SSSR count). The van der Waals surface area contributed by atoms with Gasteiger partial charge in [0, 0.05) is 6.54 Å². The maximum absolute atomic E-state index is 12.9. The molecular weight excluding hydrogens is 344 g/mol. The van der Waals surface area contributed by atoms with Crippen LogP contribution in [-0.4, -0.2) is 27.2 Å². The van der Waals surface area contributed by atoms with Crippen LogP contribution < -0.4 is 5.32 Å². The summed E-state index contributed by atoms with van der Waals surface area (Å²) in [7, 11) is 0. The van der Waals surface area contributed by atoms with Crippen molar-refractivity contribution in [3.8, 4) is 0 Å². The fourth-order valence-corrected chi connectivity index (χ4v) is 5.91. The summed E-state index contributed by atoms with van der Waals surface area (Å²) in [5.74, 6) is 1.61. The normalized spacial score (nSPS) is 39.2. The molecule has 0 unspecified atom stereocenters. The Hall–Kier alpha value is -0.910. The Morgan fingerprint density at radius 2 is 2.14 bits per heavy atom. The standard InChI is InChI=1S/C16H23BrN4O/c1-2-3-18-13(22)15-5-11-4-12(6-15)8-16(7-11,9-15)21-10-19-14(17)20-21/h10-12H,2-9H2,1H3,(H,18,22)/t11-,12-,15?,16?/m0/s1. The van der Waals surface area contributed by atoms with Crippen molar-refractivity contribution < 1.29 is 4.79 Å². The largest absolute Gasteiger partial charge is 0.356 e. The average Bonchev–Trinajstić information content (AvgIpc) is 2.91. The molecule has 4 bridgehead atoms. The molecule has 0 radical (unpaired) electrons. The third kappa shape index (κ3) is 2.14. The van der Waals surface area contributed by atoms with E-state index < -0.39 is 0 Å². The molecule has 22 heavy (non-hydrogen) atoms. The van der Waals surface area contributed by atoms with E-state index in [9.17, 15) is 4.79 Å². The molecule has 0 saturated heterocycles. The van der Waals surface area contributed by atoms with E-state index in [2.05, 4.69) is 42.9 Å². The molecule has 1 aromatic rings. The van der Waals surface area contributed by atoms with E-state index in [0.29, 0.717) is 16.6 Å². The van der Waals surface area contributed by atoms with E-state index in [1.807, 2.05) is 6.33 Å². The first-order chi connectivity index (χ1) is 10.6. The summed E-state index contributed by atoms with van der Waals surface area (Å²) < 4.78 is 2.70. The second-order valence-corrected chi connectivity index (χ2v) is 8.39. The molecule has 0 aromatic carbocycles. The Labute approximate surface area is 139 Å². The van der Waals surface area contributed by atoms with Gasteiger partial charge in [0.2, 0.25) is 10.6 Å². The van der Waals surface area contributed by atoms with Gasteiger partial charge in [0.15, 0.2) is 0 Å². The number of aromatic nitrogens is 3. The van der Waals surface area contributed by atoms with Crippen LogP contribution in [0.25, 0.3) is 0 Å². The number of rotatable bonds is 4. The number of carbonyl (C=O) groups is 1. The van der Waals surface area contributed by atoms with Crippen molar-refractivity contribution in [2.75, 3.05) is 6.54 Å². The van der Waals surface area contributed by atoms with Crippen molar-refractivity contribution in [1.82, 2.24) is 20.1 Å². The highest BCUT2D eigenvalue weighted by molar-refractivity contribution is 9.10. The third-order valence-corrected chi connectivity index (χ3v) is 6.36. The minimum Gasteiger partial charge on any atom is -0.356 e. The average molecular weight is 367 g/mol. The van der Waals surface area contributed by atoms with Crippen LogP contribution in [0.15, 0.2) is 11.1 Å². The maximum Gasteiger partial charge on any atom is 0.226 e. The molecule has 4 aliphatic carbocycles. The van der Waals surface area contributed by atoms with Gasteiger partial charge in [-0.05, 0) is 72.7 Å². The van der Waals surface area contributed by atoms with Gasteiger partial charge in [-0.3, -0.25) is 4.79 Å². The Kier molecular flexibility index (Phi) is 3.36. The maximum atomic E-state index is 12.9. The van der Waals surface area contributed by atoms with Crippen LogP contribution in [0, 0.1) is 17.3 Å². The van der Waals surface area contributed by atoms with Gasteiger partial charge < -0.3 is 5.32 Å². The predicted molar refractivity (Wildman–Crippen MR) is 86.1 cm³/mol. The fourth-order valence-electron chi connectivity index (χ4n) is 5.65. The summed E-state index contributed by atoms with van der Waals surface area (Å²) in [6.07, 6.45) is 9.50. The Balaban J connectivity index is 1.67. The Morgan fingerprint density at radius 3 is 2.73 bits per heavy atom. The van der Waals surface area contributed by atoms with Crippen LogP contribution in [0.1, 0.15) is 51.9 Å². The fraction of sp³-hybridized carbons (Fsp3) is 0.812. The van der Waals surface area contributed by atoms with Gasteiger partial charge in [-0.25, -0.2) is 9.67 Å². The van der Waals surface area contributed by atoms with Crippen LogP contribution in [-0.2, 0) is 10.3 Å². The van der Waals surface area contributed by atoms with Crippen molar-refractivity contribution in [3.63, 3.8) is 0 Å². The molecule has 120 valence electrons. The zero-order chi connectivity index (χ0) is 15.4. The third-order valence-electron chi connectivity index (χ3n) is 6.00. The highest BCUT2D eigenvalue weighted by atomic mass is 79.9. The topological polar surface area (TPSA) is 59.8 Å². The zero-order valence-electron chi connectivity index (χ0n) is 13.0. The number of hydrogen-bond donors (Lipinski definition) is 1. The summed E-state index contributed by atoms with van der Waals surface area (Å²) in [6, 6.07) is 0. The molecule has 6 heteroatoms. The van der Waals surface area contributed by atoms with Crippen LogP contribution in [0.4, 0.5) is 0 Å². The molecule has 4 aliphatic rings. The number of halogens is 1. The lowest BCUT2D eigenvalue weighted by molar-refractivity contribution is -0.156. The summed E-state index contributed by atoms with van der Waals surface area (Å²) in [6.45, 7) is 2.90. The van der Waals surface area contributed by atoms with Gasteiger partial charge in [0.05, 0.1) is 11.0 Å². The molecule has 4 fully saturated rings. The molecular formula is C16H23BrN4O. The Morgan fingerprint density at radius 1 is 1.41 bits per heavy atom. The molecule has 0 spiro atoms. The smallest absolute Gasteiger partial charge is 0.226 e. The van der Waals surface area contributed by atoms with E-state index in [4.69, 9.17) is 0 Å². The molecule has 0 aliphatic heterocycles. The lowest BCUT2D eigenvalue weighted by Gasteiger charge is -2.60. The summed E-state index contributed by atoms with van der Waals surface area (Å²) >= 11 is 3.37. The predicted octanol–water partition coefficient (Wildman–Crippen LogP) is 2.86. The SMILES string of the molecule is CCCNC(=O)C12C[C@@H]3C[C@@H](C1)CC(n1cnc(Br)n1)(C3)C2. The second kappa shape index (κ2) is 5.05. The minimum atomic E-state index is -0.169. The number of amides is 1. The van der Waals surface area contributed by atoms with Crippen molar-refractivity contribution >= 4 is 21.8 Å². The Bertz CT molecular complexity index is 585. The monoisotopic (exact) mass is 366 g/mol. The van der Waals surface area contributed by atoms with E-state index in [1.54, 1.807) is 0 Å². The summed E-state index contributed by atoms with van der Waals surface area (Å²) in [5, 5.41) is 7.71. The van der Waals surface area contributed by atoms with Crippen LogP contribution in [0.5, 0.6) is 0 Å². The van der Waals surface area contributed by atoms with Gasteiger partial charge in [-0.2, -0.15) is 0 Å². The summed E-state index contributed by atoms with van der Waals surface area (Å²) in [5.41, 5.74) is -0.162. The van der Waals surface area contributed by atoms with Crippen LogP contribution in [0.2, 0.25) is 0 Å². The first-order valence-corrected chi connectivity index (χ1v) is 9.20. The van der Waals surface area contributed by atoms with E-state index in [1.165, 1.54) is 6.42 Å². The quantitative estimate of drug-likeness (QED) is 0.890. The van der Waals surface area contributed by atoms with Gasteiger partial charge in [0.1, 0.15) is 6.33 Å². The second-order valence-electron chi connectivity index (χ2n) is 7.68. The zero-order valence-corrected chi connectivity index (χ0v) is 14.6. The highest BCUT2D eigenvalue weighted by Crippen LogP contribution is 2.64. The molecule has 2 atom stereocenters. The molecule has 1 heterocycles. The number of nitrogens with zero attached hydrogens (tertiary/aromatic N) is 3. The van der Waals surface area contributed by atoms with Crippen molar-refractivity contribution in [2.24, 2.45) is 17.3 Å². The number of hydrogen-bond acceptors (Lipinski definition) is 3. The molecule has 1 aromatic heterocycles. The van der Waals surface area contributed by atoms with E-state index in [-0.39, 0.29) is 16.9 Å². The molecule has 1 amide bonds.